The molecule has 0 spiro atoms. The van der Waals surface area contributed by atoms with Gasteiger partial charge in [0.2, 0.25) is 0 Å². The number of hydrogen-bond donors (Lipinski definition) is 1. The normalized spacial score (nSPS) is 10.5. The van der Waals surface area contributed by atoms with Gasteiger partial charge in [0, 0.05) is 19.9 Å². The number of carboxylic acids is 1. The summed E-state index contributed by atoms with van der Waals surface area (Å²) in [4.78, 5) is 24.7. The van der Waals surface area contributed by atoms with Gasteiger partial charge >= 0.3 is 5.97 Å². The fourth-order valence-corrected chi connectivity index (χ4v) is 2.33. The van der Waals surface area contributed by atoms with Crippen molar-refractivity contribution in [3.05, 3.63) is 41.7 Å². The zero-order chi connectivity index (χ0) is 18.4. The van der Waals surface area contributed by atoms with Crippen molar-refractivity contribution in [2.24, 2.45) is 0 Å². The maximum absolute atomic E-state index is 12.6. The molecule has 0 bridgehead atoms. The molecule has 0 unspecified atom stereocenters. The van der Waals surface area contributed by atoms with E-state index < -0.39 is 18.4 Å². The Morgan fingerprint density at radius 1 is 1.28 bits per heavy atom. The first-order chi connectivity index (χ1) is 12.0. The topological polar surface area (TPSA) is 93.9 Å². The van der Waals surface area contributed by atoms with Crippen LogP contribution in [0.3, 0.4) is 0 Å². The molecule has 0 saturated heterocycles. The highest BCUT2D eigenvalue weighted by Gasteiger charge is 2.21. The van der Waals surface area contributed by atoms with Crippen LogP contribution in [0, 0.1) is 6.92 Å². The summed E-state index contributed by atoms with van der Waals surface area (Å²) in [5.74, 6) is -0.941. The van der Waals surface area contributed by atoms with Crippen molar-refractivity contribution in [2.45, 2.75) is 6.92 Å². The average Bonchev–Trinajstić information content (AvgIpc) is 3.07. The highest BCUT2D eigenvalue weighted by Crippen LogP contribution is 2.23. The summed E-state index contributed by atoms with van der Waals surface area (Å²) in [7, 11) is 3.05. The van der Waals surface area contributed by atoms with Crippen LogP contribution in [0.4, 0.5) is 0 Å². The average molecular weight is 347 g/mol. The summed E-state index contributed by atoms with van der Waals surface area (Å²) in [6.45, 7) is 1.94. The molecule has 1 aromatic heterocycles. The Balaban J connectivity index is 2.28. The van der Waals surface area contributed by atoms with Gasteiger partial charge < -0.3 is 19.5 Å². The van der Waals surface area contributed by atoms with Gasteiger partial charge in [-0.25, -0.2) is 4.68 Å². The molecule has 0 atom stereocenters. The van der Waals surface area contributed by atoms with Crippen LogP contribution in [0.5, 0.6) is 5.75 Å². The second-order valence-electron chi connectivity index (χ2n) is 5.43. The molecule has 0 aliphatic heterocycles. The molecule has 0 aliphatic carbocycles. The SMILES string of the molecule is COCCN(CC(=O)O)C(=O)c1ccn(-c2cc(C)ccc2OC)n1. The van der Waals surface area contributed by atoms with E-state index in [2.05, 4.69) is 5.10 Å². The number of amides is 1. The molecule has 2 aromatic rings. The number of aliphatic carboxylic acids is 1. The van der Waals surface area contributed by atoms with Gasteiger partial charge in [0.25, 0.3) is 5.91 Å². The molecule has 0 radical (unpaired) electrons. The van der Waals surface area contributed by atoms with Gasteiger partial charge in [-0.05, 0) is 30.7 Å². The maximum Gasteiger partial charge on any atom is 0.323 e. The van der Waals surface area contributed by atoms with Gasteiger partial charge in [-0.1, -0.05) is 6.07 Å². The highest BCUT2D eigenvalue weighted by atomic mass is 16.5. The lowest BCUT2D eigenvalue weighted by molar-refractivity contribution is -0.137. The quantitative estimate of drug-likeness (QED) is 0.775. The Labute approximate surface area is 145 Å². The van der Waals surface area contributed by atoms with E-state index in [0.717, 1.165) is 5.56 Å². The zero-order valence-electron chi connectivity index (χ0n) is 14.4. The van der Waals surface area contributed by atoms with E-state index >= 15 is 0 Å². The number of hydrogen-bond acceptors (Lipinski definition) is 5. The van der Waals surface area contributed by atoms with Crippen LogP contribution in [0.2, 0.25) is 0 Å². The van der Waals surface area contributed by atoms with E-state index in [4.69, 9.17) is 14.6 Å². The molecule has 134 valence electrons. The number of carbonyl (C=O) groups is 2. The van der Waals surface area contributed by atoms with Gasteiger partial charge in [-0.3, -0.25) is 9.59 Å². The Hall–Kier alpha value is -2.87. The predicted octanol–water partition coefficient (Wildman–Crippen LogP) is 1.36. The van der Waals surface area contributed by atoms with Crippen molar-refractivity contribution < 1.29 is 24.2 Å². The summed E-state index contributed by atoms with van der Waals surface area (Å²) in [5, 5.41) is 13.3. The van der Waals surface area contributed by atoms with Crippen LogP contribution in [-0.2, 0) is 9.53 Å². The Morgan fingerprint density at radius 3 is 2.68 bits per heavy atom. The largest absolute Gasteiger partial charge is 0.494 e. The summed E-state index contributed by atoms with van der Waals surface area (Å²) in [6.07, 6.45) is 1.64. The Bertz CT molecular complexity index is 756. The van der Waals surface area contributed by atoms with E-state index in [1.165, 1.54) is 16.7 Å². The minimum atomic E-state index is -1.09. The van der Waals surface area contributed by atoms with E-state index in [1.54, 1.807) is 19.4 Å². The monoisotopic (exact) mass is 347 g/mol. The van der Waals surface area contributed by atoms with E-state index in [-0.39, 0.29) is 18.8 Å². The molecule has 1 aromatic carbocycles. The first kappa shape index (κ1) is 18.5. The van der Waals surface area contributed by atoms with Crippen LogP contribution < -0.4 is 4.74 Å². The summed E-state index contributed by atoms with van der Waals surface area (Å²) in [5.41, 5.74) is 1.87. The summed E-state index contributed by atoms with van der Waals surface area (Å²) < 4.78 is 11.8. The Morgan fingerprint density at radius 2 is 2.04 bits per heavy atom. The van der Waals surface area contributed by atoms with Crippen LogP contribution in [0.1, 0.15) is 16.1 Å². The molecular weight excluding hydrogens is 326 g/mol. The Kier molecular flexibility index (Phi) is 6.13. The second-order valence-corrected chi connectivity index (χ2v) is 5.43. The van der Waals surface area contributed by atoms with E-state index in [1.807, 2.05) is 25.1 Å². The van der Waals surface area contributed by atoms with Crippen molar-refractivity contribution in [1.82, 2.24) is 14.7 Å². The van der Waals surface area contributed by atoms with Gasteiger partial charge in [0.05, 0.1) is 13.7 Å². The first-order valence-electron chi connectivity index (χ1n) is 7.67. The molecule has 2 rings (SSSR count). The molecule has 25 heavy (non-hydrogen) atoms. The molecule has 0 fully saturated rings. The third-order valence-corrected chi connectivity index (χ3v) is 3.57. The number of aryl methyl sites for hydroxylation is 1. The highest BCUT2D eigenvalue weighted by molar-refractivity contribution is 5.94. The molecule has 0 aliphatic rings. The first-order valence-corrected chi connectivity index (χ1v) is 7.67. The van der Waals surface area contributed by atoms with Gasteiger partial charge in [-0.15, -0.1) is 0 Å². The van der Waals surface area contributed by atoms with E-state index in [9.17, 15) is 9.59 Å². The lowest BCUT2D eigenvalue weighted by Crippen LogP contribution is -2.38. The number of carbonyl (C=O) groups excluding carboxylic acids is 1. The maximum atomic E-state index is 12.6. The molecule has 0 saturated carbocycles. The van der Waals surface area contributed by atoms with Crippen LogP contribution in [0.15, 0.2) is 30.5 Å². The molecular formula is C17H21N3O5. The predicted molar refractivity (Wildman–Crippen MR) is 90.3 cm³/mol. The lowest BCUT2D eigenvalue weighted by Gasteiger charge is -2.19. The van der Waals surface area contributed by atoms with Gasteiger partial charge in [-0.2, -0.15) is 5.10 Å². The lowest BCUT2D eigenvalue weighted by atomic mass is 10.2. The minimum Gasteiger partial charge on any atom is -0.494 e. The molecule has 1 N–H and O–H groups in total. The third kappa shape index (κ3) is 4.57. The summed E-state index contributed by atoms with van der Waals surface area (Å²) >= 11 is 0. The van der Waals surface area contributed by atoms with Crippen molar-refractivity contribution in [2.75, 3.05) is 33.9 Å². The fourth-order valence-electron chi connectivity index (χ4n) is 2.33. The van der Waals surface area contributed by atoms with Crippen molar-refractivity contribution in [3.63, 3.8) is 0 Å². The minimum absolute atomic E-state index is 0.154. The molecule has 1 heterocycles. The fraction of sp³-hybridized carbons (Fsp3) is 0.353. The number of benzene rings is 1. The molecule has 8 heteroatoms. The molecule has 8 nitrogen and oxygen atoms in total. The van der Waals surface area contributed by atoms with Crippen molar-refractivity contribution >= 4 is 11.9 Å². The van der Waals surface area contributed by atoms with Crippen molar-refractivity contribution in [1.29, 1.82) is 0 Å². The number of nitrogens with zero attached hydrogens (tertiary/aromatic N) is 3. The standard InChI is InChI=1S/C17H21N3O5/c1-12-4-5-15(25-3)14(10-12)20-7-6-13(18-20)17(23)19(8-9-24-2)11-16(21)22/h4-7,10H,8-9,11H2,1-3H3,(H,21,22). The number of ether oxygens (including phenoxy) is 2. The smallest absolute Gasteiger partial charge is 0.323 e. The second kappa shape index (κ2) is 8.29. The van der Waals surface area contributed by atoms with Crippen LogP contribution >= 0.6 is 0 Å². The number of methoxy groups -OCH3 is 2. The van der Waals surface area contributed by atoms with Crippen LogP contribution in [0.25, 0.3) is 5.69 Å². The summed E-state index contributed by atoms with van der Waals surface area (Å²) in [6, 6.07) is 7.17. The van der Waals surface area contributed by atoms with E-state index in [0.29, 0.717) is 11.4 Å². The zero-order valence-corrected chi connectivity index (χ0v) is 14.4. The molecule has 1 amide bonds. The number of rotatable bonds is 8. The van der Waals surface area contributed by atoms with Crippen LogP contribution in [-0.4, -0.2) is 65.6 Å². The van der Waals surface area contributed by atoms with Gasteiger partial charge in [0.1, 0.15) is 18.0 Å². The number of aromatic nitrogens is 2. The number of carboxylic acid groups (broad SMARTS) is 1. The van der Waals surface area contributed by atoms with Gasteiger partial charge in [0.15, 0.2) is 5.69 Å². The van der Waals surface area contributed by atoms with Crippen molar-refractivity contribution in [3.8, 4) is 11.4 Å². The third-order valence-electron chi connectivity index (χ3n) is 3.57.